The van der Waals surface area contributed by atoms with Crippen molar-refractivity contribution in [3.05, 3.63) is 18.2 Å². The van der Waals surface area contributed by atoms with Crippen LogP contribution in [0.5, 0.6) is 0 Å². The van der Waals surface area contributed by atoms with E-state index in [-0.39, 0.29) is 0 Å². The van der Waals surface area contributed by atoms with Gasteiger partial charge in [-0.1, -0.05) is 13.3 Å². The average Bonchev–Trinajstić information content (AvgIpc) is 2.63. The van der Waals surface area contributed by atoms with Gasteiger partial charge in [0.15, 0.2) is 0 Å². The van der Waals surface area contributed by atoms with Crippen LogP contribution >= 0.6 is 0 Å². The normalized spacial score (nSPS) is 12.6. The van der Waals surface area contributed by atoms with E-state index in [4.69, 9.17) is 5.11 Å². The molecule has 1 rings (SSSR count). The van der Waals surface area contributed by atoms with E-state index in [9.17, 15) is 4.79 Å². The smallest absolute Gasteiger partial charge is 0.320 e. The minimum absolute atomic E-state index is 0.440. The van der Waals surface area contributed by atoms with Crippen molar-refractivity contribution in [3.8, 4) is 0 Å². The maximum atomic E-state index is 10.9. The molecule has 2 N–H and O–H groups in total. The van der Waals surface area contributed by atoms with E-state index in [0.717, 1.165) is 18.7 Å². The number of hydrogen-bond acceptors (Lipinski definition) is 3. The molecule has 0 saturated heterocycles. The summed E-state index contributed by atoms with van der Waals surface area (Å²) in [5.74, 6) is 0.190. The molecule has 0 fully saturated rings. The summed E-state index contributed by atoms with van der Waals surface area (Å²) in [5, 5.41) is 12.0. The summed E-state index contributed by atoms with van der Waals surface area (Å²) in [6.07, 6.45) is 5.91. The third kappa shape index (κ3) is 3.66. The van der Waals surface area contributed by atoms with Crippen LogP contribution in [-0.2, 0) is 18.3 Å². The monoisotopic (exact) mass is 225 g/mol. The maximum absolute atomic E-state index is 10.9. The molecular formula is C11H19N3O2. The summed E-state index contributed by atoms with van der Waals surface area (Å²) in [7, 11) is 1.93. The van der Waals surface area contributed by atoms with E-state index in [1.165, 1.54) is 0 Å². The quantitative estimate of drug-likeness (QED) is 0.720. The highest BCUT2D eigenvalue weighted by Crippen LogP contribution is 1.98. The average molecular weight is 225 g/mol. The van der Waals surface area contributed by atoms with Crippen LogP contribution in [0.25, 0.3) is 0 Å². The van der Waals surface area contributed by atoms with E-state index >= 15 is 0 Å². The summed E-state index contributed by atoms with van der Waals surface area (Å²) in [5.41, 5.74) is 0. The van der Waals surface area contributed by atoms with Crippen molar-refractivity contribution in [1.29, 1.82) is 0 Å². The predicted molar refractivity (Wildman–Crippen MR) is 61.2 cm³/mol. The van der Waals surface area contributed by atoms with Crippen molar-refractivity contribution in [3.63, 3.8) is 0 Å². The molecule has 1 unspecified atom stereocenters. The molecule has 0 bridgehead atoms. The molecule has 0 saturated carbocycles. The van der Waals surface area contributed by atoms with Crippen LogP contribution in [0.4, 0.5) is 0 Å². The number of aryl methyl sites for hydroxylation is 1. The number of carboxylic acid groups (broad SMARTS) is 1. The molecule has 0 aliphatic carbocycles. The molecule has 0 aliphatic rings. The highest BCUT2D eigenvalue weighted by molar-refractivity contribution is 5.73. The highest BCUT2D eigenvalue weighted by atomic mass is 16.4. The van der Waals surface area contributed by atoms with Crippen LogP contribution in [0.15, 0.2) is 12.4 Å². The van der Waals surface area contributed by atoms with Crippen molar-refractivity contribution in [2.24, 2.45) is 7.05 Å². The van der Waals surface area contributed by atoms with Gasteiger partial charge in [0, 0.05) is 32.4 Å². The summed E-state index contributed by atoms with van der Waals surface area (Å²) >= 11 is 0. The zero-order valence-corrected chi connectivity index (χ0v) is 9.81. The Kier molecular flexibility index (Phi) is 4.98. The molecule has 16 heavy (non-hydrogen) atoms. The summed E-state index contributed by atoms with van der Waals surface area (Å²) in [6.45, 7) is 2.62. The molecule has 1 heterocycles. The van der Waals surface area contributed by atoms with Crippen molar-refractivity contribution in [2.75, 3.05) is 6.54 Å². The second-order valence-corrected chi connectivity index (χ2v) is 3.84. The fraction of sp³-hybridized carbons (Fsp3) is 0.636. The molecule has 1 aromatic heterocycles. The van der Waals surface area contributed by atoms with Crippen LogP contribution in [0, 0.1) is 0 Å². The molecule has 0 radical (unpaired) electrons. The minimum Gasteiger partial charge on any atom is -0.480 e. The zero-order chi connectivity index (χ0) is 12.0. The summed E-state index contributed by atoms with van der Waals surface area (Å²) in [4.78, 5) is 15.0. The lowest BCUT2D eigenvalue weighted by atomic mass is 10.1. The Morgan fingerprint density at radius 3 is 2.94 bits per heavy atom. The van der Waals surface area contributed by atoms with Gasteiger partial charge in [0.1, 0.15) is 11.9 Å². The van der Waals surface area contributed by atoms with Crippen LogP contribution < -0.4 is 5.32 Å². The van der Waals surface area contributed by atoms with Crippen LogP contribution in [-0.4, -0.2) is 33.2 Å². The maximum Gasteiger partial charge on any atom is 0.320 e. The molecule has 5 nitrogen and oxygen atoms in total. The number of carbonyl (C=O) groups is 1. The number of aromatic nitrogens is 2. The fourth-order valence-electron chi connectivity index (χ4n) is 1.60. The van der Waals surface area contributed by atoms with Gasteiger partial charge >= 0.3 is 5.97 Å². The van der Waals surface area contributed by atoms with Gasteiger partial charge in [-0.15, -0.1) is 0 Å². The number of carboxylic acids is 1. The molecule has 0 spiro atoms. The molecule has 0 amide bonds. The lowest BCUT2D eigenvalue weighted by Gasteiger charge is -2.12. The first-order valence-corrected chi connectivity index (χ1v) is 5.57. The van der Waals surface area contributed by atoms with Gasteiger partial charge in [0.2, 0.25) is 0 Å². The van der Waals surface area contributed by atoms with E-state index in [1.807, 2.05) is 24.7 Å². The van der Waals surface area contributed by atoms with Crippen molar-refractivity contribution < 1.29 is 9.90 Å². The molecule has 5 heteroatoms. The zero-order valence-electron chi connectivity index (χ0n) is 9.81. The molecule has 0 aromatic carbocycles. The van der Waals surface area contributed by atoms with Gasteiger partial charge in [0.25, 0.3) is 0 Å². The Morgan fingerprint density at radius 1 is 1.69 bits per heavy atom. The Hall–Kier alpha value is -1.36. The van der Waals surface area contributed by atoms with Gasteiger partial charge in [0.05, 0.1) is 0 Å². The number of imidazole rings is 1. The summed E-state index contributed by atoms with van der Waals surface area (Å²) < 4.78 is 1.94. The first kappa shape index (κ1) is 12.7. The fourth-order valence-corrected chi connectivity index (χ4v) is 1.60. The van der Waals surface area contributed by atoms with Gasteiger partial charge in [-0.2, -0.15) is 0 Å². The number of nitrogens with one attached hydrogen (secondary N) is 1. The molecule has 0 aliphatic heterocycles. The van der Waals surface area contributed by atoms with Crippen molar-refractivity contribution >= 4 is 5.97 Å². The van der Waals surface area contributed by atoms with Crippen LogP contribution in [0.2, 0.25) is 0 Å². The van der Waals surface area contributed by atoms with Gasteiger partial charge in [-0.25, -0.2) is 4.98 Å². The third-order valence-electron chi connectivity index (χ3n) is 2.54. The van der Waals surface area contributed by atoms with Gasteiger partial charge in [-0.3, -0.25) is 4.79 Å². The van der Waals surface area contributed by atoms with Gasteiger partial charge in [-0.05, 0) is 6.42 Å². The van der Waals surface area contributed by atoms with Crippen molar-refractivity contribution in [2.45, 2.75) is 32.2 Å². The van der Waals surface area contributed by atoms with E-state index < -0.39 is 12.0 Å². The second-order valence-electron chi connectivity index (χ2n) is 3.84. The Labute approximate surface area is 95.5 Å². The van der Waals surface area contributed by atoms with Crippen LogP contribution in [0.1, 0.15) is 25.6 Å². The third-order valence-corrected chi connectivity index (χ3v) is 2.54. The SMILES string of the molecule is CCCC(NCCc1nccn1C)C(=O)O. The second kappa shape index (κ2) is 6.27. The standard InChI is InChI=1S/C11H19N3O2/c1-3-4-9(11(15)16)12-6-5-10-13-7-8-14(10)2/h7-9,12H,3-6H2,1-2H3,(H,15,16). The Balaban J connectivity index is 2.33. The number of nitrogens with zero attached hydrogens (tertiary/aromatic N) is 2. The van der Waals surface area contributed by atoms with E-state index in [2.05, 4.69) is 10.3 Å². The van der Waals surface area contributed by atoms with Gasteiger partial charge < -0.3 is 15.0 Å². The predicted octanol–water partition coefficient (Wildman–Crippen LogP) is 0.805. The Morgan fingerprint density at radius 2 is 2.44 bits per heavy atom. The van der Waals surface area contributed by atoms with E-state index in [1.54, 1.807) is 6.20 Å². The Bertz CT molecular complexity index is 336. The number of aliphatic carboxylic acids is 1. The number of rotatable bonds is 7. The highest BCUT2D eigenvalue weighted by Gasteiger charge is 2.14. The first-order chi connectivity index (χ1) is 7.65. The van der Waals surface area contributed by atoms with Crippen LogP contribution in [0.3, 0.4) is 0 Å². The molecular weight excluding hydrogens is 206 g/mol. The number of hydrogen-bond donors (Lipinski definition) is 2. The summed E-state index contributed by atoms with van der Waals surface area (Å²) in [6, 6.07) is -0.440. The largest absolute Gasteiger partial charge is 0.480 e. The lowest BCUT2D eigenvalue weighted by Crippen LogP contribution is -2.37. The van der Waals surface area contributed by atoms with E-state index in [0.29, 0.717) is 13.0 Å². The topological polar surface area (TPSA) is 67.2 Å². The van der Waals surface area contributed by atoms with Crippen molar-refractivity contribution in [1.82, 2.24) is 14.9 Å². The minimum atomic E-state index is -0.776. The first-order valence-electron chi connectivity index (χ1n) is 5.57. The molecule has 90 valence electrons. The lowest BCUT2D eigenvalue weighted by molar-refractivity contribution is -0.139. The molecule has 1 atom stereocenters. The molecule has 1 aromatic rings.